The first-order valence-electron chi connectivity index (χ1n) is 10.4. The van der Waals surface area contributed by atoms with Crippen LogP contribution >= 0.6 is 11.8 Å². The summed E-state index contributed by atoms with van der Waals surface area (Å²) in [6, 6.07) is 7.50. The summed E-state index contributed by atoms with van der Waals surface area (Å²) in [5.74, 6) is 0.732. The molecule has 0 bridgehead atoms. The lowest BCUT2D eigenvalue weighted by molar-refractivity contribution is 0.0988. The number of nitrogens with zero attached hydrogens (tertiary/aromatic N) is 6. The number of rotatable bonds is 4. The van der Waals surface area contributed by atoms with Crippen LogP contribution in [0.2, 0.25) is 0 Å². The van der Waals surface area contributed by atoms with E-state index >= 15 is 0 Å². The fourth-order valence-electron chi connectivity index (χ4n) is 4.33. The van der Waals surface area contributed by atoms with E-state index in [4.69, 9.17) is 9.40 Å². The Kier molecular flexibility index (Phi) is 5.12. The van der Waals surface area contributed by atoms with E-state index in [0.29, 0.717) is 40.2 Å². The third-order valence-electron chi connectivity index (χ3n) is 5.88. The second-order valence-electron chi connectivity index (χ2n) is 7.76. The van der Waals surface area contributed by atoms with E-state index in [1.165, 1.54) is 18.8 Å². The Hall–Kier alpha value is -3.34. The molecule has 1 aromatic carbocycles. The van der Waals surface area contributed by atoms with E-state index in [2.05, 4.69) is 20.3 Å². The van der Waals surface area contributed by atoms with Crippen molar-refractivity contribution in [2.24, 2.45) is 7.05 Å². The first-order valence-corrected chi connectivity index (χ1v) is 11.6. The maximum absolute atomic E-state index is 13.8. The van der Waals surface area contributed by atoms with Crippen molar-refractivity contribution in [1.82, 2.24) is 19.7 Å². The number of fused-ring (bicyclic) bond motifs is 3. The minimum Gasteiger partial charge on any atom is -0.388 e. The summed E-state index contributed by atoms with van der Waals surface area (Å²) in [5.41, 5.74) is 1.81. The molecule has 1 amide bonds. The van der Waals surface area contributed by atoms with Gasteiger partial charge in [0.25, 0.3) is 5.91 Å². The quantitative estimate of drug-likeness (QED) is 0.470. The third kappa shape index (κ3) is 3.32. The lowest BCUT2D eigenvalue weighted by atomic mass is 10.1. The van der Waals surface area contributed by atoms with Gasteiger partial charge in [-0.2, -0.15) is 4.68 Å². The Bertz CT molecular complexity index is 1250. The molecule has 4 heterocycles. The average Bonchev–Trinajstić information content (AvgIpc) is 3.39. The van der Waals surface area contributed by atoms with Gasteiger partial charge in [-0.15, -0.1) is 5.10 Å². The Morgan fingerprint density at radius 2 is 2.09 bits per heavy atom. The molecule has 0 aliphatic carbocycles. The average molecular weight is 454 g/mol. The monoisotopic (exact) mass is 453 g/mol. The highest BCUT2D eigenvalue weighted by Gasteiger charge is 2.39. The van der Waals surface area contributed by atoms with Crippen LogP contribution in [0.5, 0.6) is 0 Å². The van der Waals surface area contributed by atoms with Crippen molar-refractivity contribution in [3.05, 3.63) is 40.4 Å². The van der Waals surface area contributed by atoms with Crippen LogP contribution in [0, 0.1) is 0 Å². The first kappa shape index (κ1) is 20.6. The number of carbonyl (C=O) groups excluding carboxylic acids is 1. The molecule has 5 rings (SSSR count). The number of hydrogen-bond donors (Lipinski definition) is 1. The molecule has 1 saturated heterocycles. The van der Waals surface area contributed by atoms with Gasteiger partial charge in [-0.25, -0.2) is 14.8 Å². The Morgan fingerprint density at radius 1 is 1.25 bits per heavy atom. The lowest BCUT2D eigenvalue weighted by Gasteiger charge is -2.27. The van der Waals surface area contributed by atoms with Crippen LogP contribution in [-0.4, -0.2) is 58.1 Å². The van der Waals surface area contributed by atoms with E-state index in [9.17, 15) is 9.59 Å². The van der Waals surface area contributed by atoms with E-state index in [-0.39, 0.29) is 17.8 Å². The van der Waals surface area contributed by atoms with Gasteiger partial charge >= 0.3 is 5.76 Å². The molecule has 1 unspecified atom stereocenters. The smallest absolute Gasteiger partial charge is 0.388 e. The molecule has 0 radical (unpaired) electrons. The third-order valence-corrected chi connectivity index (χ3v) is 6.43. The van der Waals surface area contributed by atoms with Crippen LogP contribution < -0.4 is 20.9 Å². The second-order valence-corrected chi connectivity index (χ2v) is 8.53. The van der Waals surface area contributed by atoms with Crippen molar-refractivity contribution in [3.63, 3.8) is 0 Å². The number of thioether (sulfide) groups is 1. The van der Waals surface area contributed by atoms with E-state index in [1.807, 2.05) is 24.5 Å². The highest BCUT2D eigenvalue weighted by molar-refractivity contribution is 7.98. The van der Waals surface area contributed by atoms with Crippen molar-refractivity contribution >= 4 is 35.0 Å². The predicted octanol–water partition coefficient (Wildman–Crippen LogP) is 2.22. The first-order chi connectivity index (χ1) is 15.5. The van der Waals surface area contributed by atoms with Crippen molar-refractivity contribution in [2.75, 3.05) is 41.5 Å². The number of aromatic nitrogens is 4. The van der Waals surface area contributed by atoms with Gasteiger partial charge in [0.2, 0.25) is 5.89 Å². The zero-order valence-electron chi connectivity index (χ0n) is 18.0. The maximum atomic E-state index is 13.8. The van der Waals surface area contributed by atoms with Crippen LogP contribution in [0.15, 0.2) is 38.6 Å². The molecule has 166 valence electrons. The molecular weight excluding hydrogens is 430 g/mol. The summed E-state index contributed by atoms with van der Waals surface area (Å²) in [6.45, 7) is 1.38. The molecule has 11 heteroatoms. The molecule has 2 aromatic heterocycles. The molecule has 1 fully saturated rings. The summed E-state index contributed by atoms with van der Waals surface area (Å²) >= 11 is 1.45. The van der Waals surface area contributed by atoms with E-state index in [0.717, 1.165) is 24.1 Å². The fourth-order valence-corrected chi connectivity index (χ4v) is 4.69. The van der Waals surface area contributed by atoms with Crippen molar-refractivity contribution in [3.8, 4) is 11.5 Å². The number of nitrogens with one attached hydrogen (secondary N) is 1. The summed E-state index contributed by atoms with van der Waals surface area (Å²) in [5, 5.41) is 7.85. The van der Waals surface area contributed by atoms with Gasteiger partial charge in [0, 0.05) is 44.5 Å². The number of anilines is 3. The van der Waals surface area contributed by atoms with E-state index in [1.54, 1.807) is 18.0 Å². The lowest BCUT2D eigenvalue weighted by Crippen LogP contribution is -2.39. The number of hydrogen-bond acceptors (Lipinski definition) is 9. The fraction of sp³-hybridized carbons (Fsp3) is 0.381. The molecule has 3 aromatic rings. The van der Waals surface area contributed by atoms with Crippen LogP contribution in [0.1, 0.15) is 23.2 Å². The molecular formula is C21H23N7O3S. The number of aryl methyl sites for hydroxylation is 1. The molecule has 1 atom stereocenters. The van der Waals surface area contributed by atoms with Crippen molar-refractivity contribution < 1.29 is 9.21 Å². The molecule has 2 aliphatic rings. The van der Waals surface area contributed by atoms with Crippen molar-refractivity contribution in [1.29, 1.82) is 0 Å². The largest absolute Gasteiger partial charge is 0.437 e. The van der Waals surface area contributed by atoms with Gasteiger partial charge in [-0.1, -0.05) is 17.8 Å². The topological polar surface area (TPSA) is 109 Å². The minimum absolute atomic E-state index is 0.158. The summed E-state index contributed by atoms with van der Waals surface area (Å²) in [4.78, 5) is 38.8. The van der Waals surface area contributed by atoms with Crippen LogP contribution in [0.3, 0.4) is 0 Å². The van der Waals surface area contributed by atoms with Gasteiger partial charge in [0.15, 0.2) is 5.16 Å². The molecule has 32 heavy (non-hydrogen) atoms. The minimum atomic E-state index is -0.535. The van der Waals surface area contributed by atoms with Crippen molar-refractivity contribution in [2.45, 2.75) is 24.0 Å². The maximum Gasteiger partial charge on any atom is 0.437 e. The molecule has 0 spiro atoms. The van der Waals surface area contributed by atoms with Gasteiger partial charge in [-0.05, 0) is 37.3 Å². The van der Waals surface area contributed by atoms with Crippen LogP contribution in [0.25, 0.3) is 11.5 Å². The van der Waals surface area contributed by atoms with Gasteiger partial charge in [0.05, 0.1) is 0 Å². The summed E-state index contributed by atoms with van der Waals surface area (Å²) < 4.78 is 6.38. The zero-order valence-corrected chi connectivity index (χ0v) is 18.8. The van der Waals surface area contributed by atoms with Crippen LogP contribution in [0.4, 0.5) is 17.3 Å². The summed E-state index contributed by atoms with van der Waals surface area (Å²) in [7, 11) is 3.30. The SMILES string of the molecule is CNc1nc(SC)nc2c1C(=O)N(c1cccc(-c3nn(C)c(=O)o3)c1)CC1CCCN21. The number of carbonyl (C=O) groups is 1. The Labute approximate surface area is 188 Å². The predicted molar refractivity (Wildman–Crippen MR) is 123 cm³/mol. The Balaban J connectivity index is 1.63. The van der Waals surface area contributed by atoms with Gasteiger partial charge in [-0.3, -0.25) is 4.79 Å². The molecule has 1 N–H and O–H groups in total. The number of amides is 1. The highest BCUT2D eigenvalue weighted by atomic mass is 32.2. The Morgan fingerprint density at radius 3 is 2.81 bits per heavy atom. The van der Waals surface area contributed by atoms with Gasteiger partial charge < -0.3 is 19.5 Å². The second kappa shape index (κ2) is 7.97. The molecule has 10 nitrogen and oxygen atoms in total. The zero-order chi connectivity index (χ0) is 22.4. The highest BCUT2D eigenvalue weighted by Crippen LogP contribution is 2.38. The van der Waals surface area contributed by atoms with Gasteiger partial charge in [0.1, 0.15) is 17.2 Å². The summed E-state index contributed by atoms with van der Waals surface area (Å²) in [6.07, 6.45) is 3.94. The standard InChI is InChI=1S/C21H23N7O3S/c1-22-16-15-17(24-20(23-16)32-3)27-9-5-8-14(27)11-28(19(15)29)13-7-4-6-12(10-13)18-25-26(2)21(30)31-18/h4,6-7,10,14H,5,8-9,11H2,1-3H3,(H,22,23,24). The van der Waals surface area contributed by atoms with Crippen LogP contribution in [-0.2, 0) is 7.05 Å². The molecule has 0 saturated carbocycles. The number of benzene rings is 1. The molecule has 2 aliphatic heterocycles. The van der Waals surface area contributed by atoms with E-state index < -0.39 is 5.76 Å². The normalized spacial score (nSPS) is 17.8.